The zero-order valence-corrected chi connectivity index (χ0v) is 13.2. The number of nitrogens with one attached hydrogen (secondary N) is 1. The topological polar surface area (TPSA) is 118 Å². The first-order valence-corrected chi connectivity index (χ1v) is 8.43. The Balaban J connectivity index is 1.67. The van der Waals surface area contributed by atoms with Crippen molar-refractivity contribution in [2.24, 2.45) is 0 Å². The lowest BCUT2D eigenvalue weighted by molar-refractivity contribution is -0.127. The Morgan fingerprint density at radius 2 is 2.30 bits per heavy atom. The maximum absolute atomic E-state index is 12.1. The largest absolute Gasteiger partial charge is 0.337 e. The minimum atomic E-state index is -3.69. The number of likely N-dealkylation sites (tertiary alicyclic amines) is 1. The van der Waals surface area contributed by atoms with Crippen LogP contribution >= 0.6 is 0 Å². The Morgan fingerprint density at radius 3 is 2.96 bits per heavy atom. The summed E-state index contributed by atoms with van der Waals surface area (Å²) in [5, 5.41) is 3.75. The maximum atomic E-state index is 12.1. The molecule has 10 heteroatoms. The van der Waals surface area contributed by atoms with E-state index in [1.165, 1.54) is 24.5 Å². The number of pyridine rings is 1. The van der Waals surface area contributed by atoms with E-state index in [1.54, 1.807) is 11.9 Å². The molecule has 0 unspecified atom stereocenters. The van der Waals surface area contributed by atoms with Crippen LogP contribution in [0.3, 0.4) is 0 Å². The first-order chi connectivity index (χ1) is 11.0. The third-order valence-corrected chi connectivity index (χ3v) is 5.01. The van der Waals surface area contributed by atoms with Crippen LogP contribution in [-0.2, 0) is 21.4 Å². The van der Waals surface area contributed by atoms with Gasteiger partial charge in [0.05, 0.1) is 6.54 Å². The average Bonchev–Trinajstić information content (AvgIpc) is 3.14. The Morgan fingerprint density at radius 1 is 1.48 bits per heavy atom. The number of aromatic nitrogens is 3. The molecule has 0 aliphatic carbocycles. The standard InChI is InChI=1S/C13H15N5O4S/c1-18-10(4-5-12(18)19)13-16-11(17-22-13)8-15-23(20,21)9-3-2-6-14-7-9/h2-3,6-7,10,15H,4-5,8H2,1H3/t10-/m0/s1. The first-order valence-electron chi connectivity index (χ1n) is 6.95. The van der Waals surface area contributed by atoms with E-state index in [1.807, 2.05) is 0 Å². The van der Waals surface area contributed by atoms with Crippen LogP contribution < -0.4 is 4.72 Å². The number of amides is 1. The van der Waals surface area contributed by atoms with E-state index in [0.717, 1.165) is 0 Å². The lowest BCUT2D eigenvalue weighted by Gasteiger charge is -2.14. The van der Waals surface area contributed by atoms with Gasteiger partial charge in [-0.2, -0.15) is 4.98 Å². The molecular weight excluding hydrogens is 322 g/mol. The zero-order valence-electron chi connectivity index (χ0n) is 12.3. The van der Waals surface area contributed by atoms with Gasteiger partial charge < -0.3 is 9.42 Å². The van der Waals surface area contributed by atoms with Gasteiger partial charge in [-0.1, -0.05) is 5.16 Å². The van der Waals surface area contributed by atoms with Crippen molar-refractivity contribution in [3.63, 3.8) is 0 Å². The summed E-state index contributed by atoms with van der Waals surface area (Å²) < 4.78 is 31.7. The van der Waals surface area contributed by atoms with E-state index in [0.29, 0.717) is 18.7 Å². The quantitative estimate of drug-likeness (QED) is 0.830. The molecule has 0 spiro atoms. The van der Waals surface area contributed by atoms with Crippen LogP contribution in [0, 0.1) is 0 Å². The van der Waals surface area contributed by atoms with Crippen LogP contribution in [0.1, 0.15) is 30.6 Å². The van der Waals surface area contributed by atoms with Crippen LogP contribution in [0.15, 0.2) is 33.9 Å². The summed E-state index contributed by atoms with van der Waals surface area (Å²) in [6, 6.07) is 2.73. The molecule has 0 saturated carbocycles. The van der Waals surface area contributed by atoms with Crippen LogP contribution in [0.5, 0.6) is 0 Å². The van der Waals surface area contributed by atoms with Crippen LogP contribution in [0.2, 0.25) is 0 Å². The molecule has 2 aromatic rings. The van der Waals surface area contributed by atoms with Gasteiger partial charge in [-0.15, -0.1) is 0 Å². The maximum Gasteiger partial charge on any atom is 0.249 e. The van der Waals surface area contributed by atoms with Gasteiger partial charge in [-0.3, -0.25) is 9.78 Å². The Labute approximate surface area is 132 Å². The number of hydrogen-bond donors (Lipinski definition) is 1. The van der Waals surface area contributed by atoms with Crippen LogP contribution in [0.4, 0.5) is 0 Å². The van der Waals surface area contributed by atoms with E-state index in [-0.39, 0.29) is 29.2 Å². The molecule has 1 N–H and O–H groups in total. The van der Waals surface area contributed by atoms with Crippen molar-refractivity contribution in [1.29, 1.82) is 0 Å². The van der Waals surface area contributed by atoms with Gasteiger partial charge in [-0.05, 0) is 18.6 Å². The summed E-state index contributed by atoms with van der Waals surface area (Å²) in [6.07, 6.45) is 3.79. The fourth-order valence-corrected chi connectivity index (χ4v) is 3.26. The molecule has 3 rings (SSSR count). The molecule has 1 atom stereocenters. The number of carbonyl (C=O) groups excluding carboxylic acids is 1. The lowest BCUT2D eigenvalue weighted by atomic mass is 10.2. The third kappa shape index (κ3) is 3.22. The van der Waals surface area contributed by atoms with Crippen molar-refractivity contribution in [3.05, 3.63) is 36.2 Å². The van der Waals surface area contributed by atoms with Crippen LogP contribution in [0.25, 0.3) is 0 Å². The van der Waals surface area contributed by atoms with Gasteiger partial charge in [0, 0.05) is 25.9 Å². The summed E-state index contributed by atoms with van der Waals surface area (Å²) in [7, 11) is -2.01. The minimum Gasteiger partial charge on any atom is -0.337 e. The molecule has 2 aromatic heterocycles. The van der Waals surface area contributed by atoms with Gasteiger partial charge in [-0.25, -0.2) is 13.1 Å². The van der Waals surface area contributed by atoms with Gasteiger partial charge in [0.25, 0.3) is 0 Å². The van der Waals surface area contributed by atoms with Gasteiger partial charge in [0.1, 0.15) is 10.9 Å². The second-order valence-corrected chi connectivity index (χ2v) is 6.89. The van der Waals surface area contributed by atoms with E-state index in [9.17, 15) is 13.2 Å². The molecule has 23 heavy (non-hydrogen) atoms. The highest BCUT2D eigenvalue weighted by molar-refractivity contribution is 7.89. The molecule has 1 amide bonds. The molecule has 1 aliphatic rings. The smallest absolute Gasteiger partial charge is 0.249 e. The van der Waals surface area contributed by atoms with Crippen molar-refractivity contribution in [1.82, 2.24) is 24.7 Å². The van der Waals surface area contributed by atoms with Crippen LogP contribution in [-0.4, -0.2) is 41.4 Å². The molecule has 1 fully saturated rings. The summed E-state index contributed by atoms with van der Waals surface area (Å²) >= 11 is 0. The summed E-state index contributed by atoms with van der Waals surface area (Å²) in [5.41, 5.74) is 0. The zero-order chi connectivity index (χ0) is 16.4. The molecule has 0 radical (unpaired) electrons. The summed E-state index contributed by atoms with van der Waals surface area (Å²) in [6.45, 7) is -0.106. The van der Waals surface area contributed by atoms with E-state index in [4.69, 9.17) is 4.52 Å². The Kier molecular flexibility index (Phi) is 4.09. The Bertz CT molecular complexity index is 805. The number of sulfonamides is 1. The molecular formula is C13H15N5O4S. The fraction of sp³-hybridized carbons (Fsp3) is 0.385. The van der Waals surface area contributed by atoms with Gasteiger partial charge in [0.2, 0.25) is 21.8 Å². The second-order valence-electron chi connectivity index (χ2n) is 5.12. The molecule has 0 aromatic carbocycles. The van der Waals surface area contributed by atoms with Gasteiger partial charge in [0.15, 0.2) is 5.82 Å². The van der Waals surface area contributed by atoms with Crippen molar-refractivity contribution in [3.8, 4) is 0 Å². The highest BCUT2D eigenvalue weighted by Gasteiger charge is 2.33. The highest BCUT2D eigenvalue weighted by atomic mass is 32.2. The predicted molar refractivity (Wildman–Crippen MR) is 77.3 cm³/mol. The van der Waals surface area contributed by atoms with E-state index < -0.39 is 10.0 Å². The second kappa shape index (κ2) is 6.05. The van der Waals surface area contributed by atoms with E-state index >= 15 is 0 Å². The molecule has 1 aliphatic heterocycles. The SMILES string of the molecule is CN1C(=O)CC[C@H]1c1nc(CNS(=O)(=O)c2cccnc2)no1. The first kappa shape index (κ1) is 15.6. The average molecular weight is 337 g/mol. The van der Waals surface area contributed by atoms with Crippen molar-refractivity contribution >= 4 is 15.9 Å². The summed E-state index contributed by atoms with van der Waals surface area (Å²) in [4.78, 5) is 21.1. The van der Waals surface area contributed by atoms with Crippen molar-refractivity contribution < 1.29 is 17.7 Å². The number of carbonyl (C=O) groups is 1. The normalized spacial score (nSPS) is 18.6. The number of rotatable bonds is 5. The molecule has 0 bridgehead atoms. The molecule has 3 heterocycles. The minimum absolute atomic E-state index is 0.0204. The van der Waals surface area contributed by atoms with Gasteiger partial charge >= 0.3 is 0 Å². The number of nitrogens with zero attached hydrogens (tertiary/aromatic N) is 4. The third-order valence-electron chi connectivity index (χ3n) is 3.63. The van der Waals surface area contributed by atoms with Crippen molar-refractivity contribution in [2.45, 2.75) is 30.3 Å². The Hall–Kier alpha value is -2.33. The molecule has 9 nitrogen and oxygen atoms in total. The van der Waals surface area contributed by atoms with E-state index in [2.05, 4.69) is 19.8 Å². The van der Waals surface area contributed by atoms with Crippen molar-refractivity contribution in [2.75, 3.05) is 7.05 Å². The predicted octanol–water partition coefficient (Wildman–Crippen LogP) is 0.236. The lowest BCUT2D eigenvalue weighted by Crippen LogP contribution is -2.24. The highest BCUT2D eigenvalue weighted by Crippen LogP contribution is 2.29. The monoisotopic (exact) mass is 337 g/mol. The summed E-state index contributed by atoms with van der Waals surface area (Å²) in [5.74, 6) is 0.543. The molecule has 122 valence electrons. The molecule has 1 saturated heterocycles. The number of hydrogen-bond acceptors (Lipinski definition) is 7. The fourth-order valence-electron chi connectivity index (χ4n) is 2.32.